The number of hydrogen-bond donors (Lipinski definition) is 1. The molecule has 8 heteroatoms. The van der Waals surface area contributed by atoms with Gasteiger partial charge in [-0.05, 0) is 17.5 Å². The van der Waals surface area contributed by atoms with Gasteiger partial charge in [0.2, 0.25) is 11.8 Å². The third-order valence-corrected chi connectivity index (χ3v) is 4.64. The van der Waals surface area contributed by atoms with E-state index < -0.39 is 17.8 Å². The smallest absolute Gasteiger partial charge is 0.344 e. The van der Waals surface area contributed by atoms with E-state index in [4.69, 9.17) is 0 Å². The number of carbonyl (C=O) groups is 2. The molecular weight excluding hydrogens is 359 g/mol. The maximum absolute atomic E-state index is 12.8. The van der Waals surface area contributed by atoms with Crippen LogP contribution in [0.2, 0.25) is 0 Å². The summed E-state index contributed by atoms with van der Waals surface area (Å²) in [7, 11) is 0. The number of nitrogens with one attached hydrogen (secondary N) is 1. The van der Waals surface area contributed by atoms with Crippen molar-refractivity contribution in [2.75, 3.05) is 26.2 Å². The SMILES string of the molecule is CC(=O)N[C@H](C(=O)N1CCN(Cc2cccc(C(F)(F)F)c2)CC1)C(C)C. The summed E-state index contributed by atoms with van der Waals surface area (Å²) >= 11 is 0. The third-order valence-electron chi connectivity index (χ3n) is 4.64. The van der Waals surface area contributed by atoms with Crippen LogP contribution in [0.3, 0.4) is 0 Å². The van der Waals surface area contributed by atoms with Gasteiger partial charge in [0.15, 0.2) is 0 Å². The van der Waals surface area contributed by atoms with E-state index in [-0.39, 0.29) is 17.7 Å². The molecule has 1 N–H and O–H groups in total. The van der Waals surface area contributed by atoms with E-state index in [9.17, 15) is 22.8 Å². The van der Waals surface area contributed by atoms with E-state index in [2.05, 4.69) is 5.32 Å². The van der Waals surface area contributed by atoms with Gasteiger partial charge in [0, 0.05) is 39.6 Å². The number of alkyl halides is 3. The molecule has 0 radical (unpaired) electrons. The second-order valence-electron chi connectivity index (χ2n) is 7.22. The molecule has 27 heavy (non-hydrogen) atoms. The second kappa shape index (κ2) is 8.73. The van der Waals surface area contributed by atoms with Crippen LogP contribution in [0.1, 0.15) is 31.9 Å². The summed E-state index contributed by atoms with van der Waals surface area (Å²) in [6.45, 7) is 7.67. The molecule has 1 fully saturated rings. The van der Waals surface area contributed by atoms with Crippen LogP contribution in [-0.4, -0.2) is 53.8 Å². The Kier molecular flexibility index (Phi) is 6.86. The molecule has 0 saturated carbocycles. The Morgan fingerprint density at radius 2 is 1.78 bits per heavy atom. The lowest BCUT2D eigenvalue weighted by atomic mass is 10.0. The van der Waals surface area contributed by atoms with Crippen LogP contribution < -0.4 is 5.32 Å². The first-order valence-electron chi connectivity index (χ1n) is 9.02. The third kappa shape index (κ3) is 5.95. The molecule has 1 saturated heterocycles. The van der Waals surface area contributed by atoms with Gasteiger partial charge in [-0.3, -0.25) is 14.5 Å². The average molecular weight is 385 g/mol. The largest absolute Gasteiger partial charge is 0.416 e. The van der Waals surface area contributed by atoms with E-state index in [0.717, 1.165) is 6.07 Å². The monoisotopic (exact) mass is 385 g/mol. The molecule has 0 aromatic heterocycles. The maximum Gasteiger partial charge on any atom is 0.416 e. The molecule has 1 aliphatic rings. The van der Waals surface area contributed by atoms with E-state index >= 15 is 0 Å². The number of nitrogens with zero attached hydrogens (tertiary/aromatic N) is 2. The van der Waals surface area contributed by atoms with Crippen LogP contribution in [0, 0.1) is 5.92 Å². The number of amides is 2. The molecule has 150 valence electrons. The number of benzene rings is 1. The van der Waals surface area contributed by atoms with Crippen molar-refractivity contribution in [2.45, 2.75) is 39.5 Å². The van der Waals surface area contributed by atoms with Crippen molar-refractivity contribution in [1.82, 2.24) is 15.1 Å². The lowest BCUT2D eigenvalue weighted by Gasteiger charge is -2.37. The molecule has 0 bridgehead atoms. The van der Waals surface area contributed by atoms with Crippen molar-refractivity contribution >= 4 is 11.8 Å². The zero-order valence-corrected chi connectivity index (χ0v) is 15.8. The van der Waals surface area contributed by atoms with Crippen molar-refractivity contribution in [1.29, 1.82) is 0 Å². The number of hydrogen-bond acceptors (Lipinski definition) is 3. The normalized spacial score (nSPS) is 17.1. The van der Waals surface area contributed by atoms with Crippen LogP contribution >= 0.6 is 0 Å². The Balaban J connectivity index is 1.93. The molecule has 1 heterocycles. The summed E-state index contributed by atoms with van der Waals surface area (Å²) in [6.07, 6.45) is -4.35. The predicted octanol–water partition coefficient (Wildman–Crippen LogP) is 2.51. The second-order valence-corrected chi connectivity index (χ2v) is 7.22. The van der Waals surface area contributed by atoms with Crippen LogP contribution in [0.5, 0.6) is 0 Å². The number of carbonyl (C=O) groups excluding carboxylic acids is 2. The van der Waals surface area contributed by atoms with Gasteiger partial charge in [-0.1, -0.05) is 32.0 Å². The Hall–Kier alpha value is -2.09. The Bertz CT molecular complexity index is 668. The zero-order valence-electron chi connectivity index (χ0n) is 15.8. The molecule has 1 atom stereocenters. The van der Waals surface area contributed by atoms with Crippen LogP contribution in [0.4, 0.5) is 13.2 Å². The summed E-state index contributed by atoms with van der Waals surface area (Å²) in [4.78, 5) is 27.7. The van der Waals surface area contributed by atoms with Gasteiger partial charge in [0.05, 0.1) is 5.56 Å². The summed E-state index contributed by atoms with van der Waals surface area (Å²) in [5, 5.41) is 2.70. The Morgan fingerprint density at radius 1 is 1.15 bits per heavy atom. The number of piperazine rings is 1. The minimum atomic E-state index is -4.35. The van der Waals surface area contributed by atoms with Crippen molar-refractivity contribution in [3.63, 3.8) is 0 Å². The number of halogens is 3. The molecule has 1 aromatic rings. The molecule has 2 rings (SSSR count). The van der Waals surface area contributed by atoms with Gasteiger partial charge in [0.1, 0.15) is 6.04 Å². The first-order chi connectivity index (χ1) is 12.6. The van der Waals surface area contributed by atoms with Crippen LogP contribution in [0.25, 0.3) is 0 Å². The van der Waals surface area contributed by atoms with Gasteiger partial charge in [0.25, 0.3) is 0 Å². The zero-order chi connectivity index (χ0) is 20.2. The minimum Gasteiger partial charge on any atom is -0.344 e. The minimum absolute atomic E-state index is 0.0236. The van der Waals surface area contributed by atoms with Crippen LogP contribution in [-0.2, 0) is 22.3 Å². The fraction of sp³-hybridized carbons (Fsp3) is 0.579. The highest BCUT2D eigenvalue weighted by atomic mass is 19.4. The standard InChI is InChI=1S/C19H26F3N3O2/c1-13(2)17(23-14(3)26)18(27)25-9-7-24(8-10-25)12-15-5-4-6-16(11-15)19(20,21)22/h4-6,11,13,17H,7-10,12H2,1-3H3,(H,23,26)/t17-/m0/s1. The topological polar surface area (TPSA) is 52.7 Å². The fourth-order valence-electron chi connectivity index (χ4n) is 3.16. The molecule has 5 nitrogen and oxygen atoms in total. The van der Waals surface area contributed by atoms with Gasteiger partial charge in [-0.2, -0.15) is 13.2 Å². The fourth-order valence-corrected chi connectivity index (χ4v) is 3.16. The van der Waals surface area contributed by atoms with Crippen LogP contribution in [0.15, 0.2) is 24.3 Å². The van der Waals surface area contributed by atoms with Gasteiger partial charge in [-0.15, -0.1) is 0 Å². The molecule has 2 amide bonds. The average Bonchev–Trinajstić information content (AvgIpc) is 2.59. The molecule has 0 spiro atoms. The van der Waals surface area contributed by atoms with Gasteiger partial charge < -0.3 is 10.2 Å². The summed E-state index contributed by atoms with van der Waals surface area (Å²) in [6, 6.07) is 4.77. The van der Waals surface area contributed by atoms with Gasteiger partial charge in [-0.25, -0.2) is 0 Å². The van der Waals surface area contributed by atoms with E-state index in [0.29, 0.717) is 38.3 Å². The molecule has 0 unspecified atom stereocenters. The highest BCUT2D eigenvalue weighted by molar-refractivity contribution is 5.87. The van der Waals surface area contributed by atoms with E-state index in [1.165, 1.54) is 19.1 Å². The summed E-state index contributed by atoms with van der Waals surface area (Å²) in [5.74, 6) is -0.381. The highest BCUT2D eigenvalue weighted by Gasteiger charge is 2.32. The lowest BCUT2D eigenvalue weighted by Crippen LogP contribution is -2.56. The summed E-state index contributed by atoms with van der Waals surface area (Å²) in [5.41, 5.74) is -0.0493. The van der Waals surface area contributed by atoms with Crippen molar-refractivity contribution in [3.8, 4) is 0 Å². The van der Waals surface area contributed by atoms with Crippen molar-refractivity contribution in [2.24, 2.45) is 5.92 Å². The van der Waals surface area contributed by atoms with E-state index in [1.807, 2.05) is 18.7 Å². The summed E-state index contributed by atoms with van der Waals surface area (Å²) < 4.78 is 38.5. The predicted molar refractivity (Wildman–Crippen MR) is 95.7 cm³/mol. The Labute approximate surface area is 157 Å². The molecule has 0 aliphatic carbocycles. The van der Waals surface area contributed by atoms with Crippen molar-refractivity contribution in [3.05, 3.63) is 35.4 Å². The van der Waals surface area contributed by atoms with Gasteiger partial charge >= 0.3 is 6.18 Å². The molecule has 1 aromatic carbocycles. The first kappa shape index (κ1) is 21.2. The van der Waals surface area contributed by atoms with E-state index in [1.54, 1.807) is 11.0 Å². The van der Waals surface area contributed by atoms with Crippen molar-refractivity contribution < 1.29 is 22.8 Å². The number of rotatable bonds is 5. The highest BCUT2D eigenvalue weighted by Crippen LogP contribution is 2.29. The molecular formula is C19H26F3N3O2. The quantitative estimate of drug-likeness (QED) is 0.848. The Morgan fingerprint density at radius 3 is 2.30 bits per heavy atom. The lowest BCUT2D eigenvalue weighted by molar-refractivity contribution is -0.139. The maximum atomic E-state index is 12.8. The first-order valence-corrected chi connectivity index (χ1v) is 9.02. The molecule has 1 aliphatic heterocycles.